The Kier molecular flexibility index (Phi) is 31.2. The van der Waals surface area contributed by atoms with Crippen LogP contribution in [0.3, 0.4) is 0 Å². The molecule has 0 atom stereocenters. The second kappa shape index (κ2) is 25.4. The Hall–Kier alpha value is -2.56. The van der Waals surface area contributed by atoms with Crippen molar-refractivity contribution in [2.24, 2.45) is 0 Å². The highest BCUT2D eigenvalue weighted by molar-refractivity contribution is 4.07. The molecule has 0 saturated heterocycles. The van der Waals surface area contributed by atoms with Crippen molar-refractivity contribution in [3.05, 3.63) is 40.5 Å². The smallest absolute Gasteiger partial charge is 0.308 e. The second-order valence-corrected chi connectivity index (χ2v) is 2.89. The van der Waals surface area contributed by atoms with Crippen molar-refractivity contribution in [2.45, 2.75) is 13.8 Å². The topological polar surface area (TPSA) is 231 Å². The Labute approximate surface area is 135 Å². The van der Waals surface area contributed by atoms with Crippen LogP contribution in [0.2, 0.25) is 0 Å². The summed E-state index contributed by atoms with van der Waals surface area (Å²) in [6.07, 6.45) is 0. The van der Waals surface area contributed by atoms with E-state index in [0.717, 1.165) is 0 Å². The zero-order chi connectivity index (χ0) is 20.0. The van der Waals surface area contributed by atoms with Gasteiger partial charge >= 0.3 is 13.5 Å². The summed E-state index contributed by atoms with van der Waals surface area (Å²) in [4.78, 5) is 35.3. The van der Waals surface area contributed by atoms with Gasteiger partial charge in [0.1, 0.15) is 6.79 Å². The van der Waals surface area contributed by atoms with Gasteiger partial charge in [0, 0.05) is 33.5 Å². The van der Waals surface area contributed by atoms with Crippen molar-refractivity contribution in [3.63, 3.8) is 0 Å². The van der Waals surface area contributed by atoms with Crippen LogP contribution in [0, 0.1) is 40.5 Å². The first-order chi connectivity index (χ1) is 11.1. The second-order valence-electron chi connectivity index (χ2n) is 2.89. The van der Waals surface area contributed by atoms with Crippen molar-refractivity contribution >= 4 is 0 Å². The fourth-order valence-corrected chi connectivity index (χ4v) is 0.283. The molecule has 0 unspecified atom stereocenters. The van der Waals surface area contributed by atoms with E-state index in [2.05, 4.69) is 9.47 Å². The first-order valence-electron chi connectivity index (χ1n) is 5.93. The van der Waals surface area contributed by atoms with Gasteiger partial charge in [-0.1, -0.05) is 0 Å². The van der Waals surface area contributed by atoms with E-state index in [1.165, 1.54) is 13.8 Å². The largest absolute Gasteiger partial charge is 0.371 e. The maximum absolute atomic E-state index is 9.59. The molecule has 0 aliphatic rings. The van der Waals surface area contributed by atoms with Gasteiger partial charge in [-0.25, -0.2) is 0 Å². The van der Waals surface area contributed by atoms with Crippen LogP contribution in [-0.2, 0) is 9.47 Å². The quantitative estimate of drug-likeness (QED) is 0.227. The number of hydrogen-bond acceptors (Lipinski definition) is 12. The van der Waals surface area contributed by atoms with Gasteiger partial charge < -0.3 is 10.2 Å². The lowest BCUT2D eigenvalue weighted by atomic mass is 10.8. The maximum Gasteiger partial charge on any atom is 0.308 e. The molecule has 0 aromatic carbocycles. The highest BCUT2D eigenvalue weighted by Gasteiger charge is 1.98. The van der Waals surface area contributed by atoms with Gasteiger partial charge in [-0.2, -0.15) is 0 Å². The molecule has 0 fully saturated rings. The van der Waals surface area contributed by atoms with Gasteiger partial charge in [-0.15, -0.1) is 0 Å². The number of aliphatic hydroxyl groups is 2. The minimum Gasteiger partial charge on any atom is -0.371 e. The summed E-state index contributed by atoms with van der Waals surface area (Å²) in [6, 6.07) is 0. The van der Waals surface area contributed by atoms with E-state index in [1.807, 2.05) is 0 Å². The SMILES string of the molecule is CC[N+](=O)[O-].CC[N+](=O)[O-].O=[N+]([O-])COCOC[N+](=O)[O-].OCO. The molecular weight excluding hydrogens is 344 g/mol. The van der Waals surface area contributed by atoms with Crippen LogP contribution in [0.15, 0.2) is 0 Å². The van der Waals surface area contributed by atoms with Crippen LogP contribution < -0.4 is 0 Å². The lowest BCUT2D eigenvalue weighted by molar-refractivity contribution is -0.550. The summed E-state index contributed by atoms with van der Waals surface area (Å²) in [5.41, 5.74) is 0. The van der Waals surface area contributed by atoms with Crippen LogP contribution >= 0.6 is 0 Å². The van der Waals surface area contributed by atoms with Crippen LogP contribution in [0.4, 0.5) is 0 Å². The molecule has 0 radical (unpaired) electrons. The van der Waals surface area contributed by atoms with Crippen molar-refractivity contribution in [1.29, 1.82) is 0 Å². The third-order valence-electron chi connectivity index (χ3n) is 1.08. The molecule has 0 saturated carbocycles. The average Bonchev–Trinajstić information content (AvgIpc) is 2.48. The molecule has 24 heavy (non-hydrogen) atoms. The highest BCUT2D eigenvalue weighted by Crippen LogP contribution is 1.79. The zero-order valence-corrected chi connectivity index (χ0v) is 13.0. The van der Waals surface area contributed by atoms with Crippen molar-refractivity contribution < 1.29 is 39.4 Å². The fourth-order valence-electron chi connectivity index (χ4n) is 0.283. The summed E-state index contributed by atoms with van der Waals surface area (Å²) in [7, 11) is 0. The number of nitrogens with zero attached hydrogens (tertiary/aromatic N) is 4. The van der Waals surface area contributed by atoms with Crippen molar-refractivity contribution in [3.8, 4) is 0 Å². The van der Waals surface area contributed by atoms with E-state index in [1.54, 1.807) is 0 Å². The Morgan fingerprint density at radius 2 is 0.917 bits per heavy atom. The molecule has 0 aliphatic carbocycles. The number of nitro groups is 4. The predicted molar refractivity (Wildman–Crippen MR) is 75.1 cm³/mol. The molecule has 2 N–H and O–H groups in total. The van der Waals surface area contributed by atoms with Gasteiger partial charge in [0.15, 0.2) is 6.79 Å². The molecular formula is C8H20N4O12. The van der Waals surface area contributed by atoms with Crippen LogP contribution in [-0.4, -0.2) is 70.0 Å². The molecule has 0 aromatic heterocycles. The molecule has 0 heterocycles. The van der Waals surface area contributed by atoms with Crippen LogP contribution in [0.25, 0.3) is 0 Å². The average molecular weight is 364 g/mol. The first kappa shape index (κ1) is 29.5. The van der Waals surface area contributed by atoms with E-state index >= 15 is 0 Å². The zero-order valence-electron chi connectivity index (χ0n) is 13.0. The summed E-state index contributed by atoms with van der Waals surface area (Å²) >= 11 is 0. The number of hydrogen-bond donors (Lipinski definition) is 2. The third-order valence-corrected chi connectivity index (χ3v) is 1.08. The minimum absolute atomic E-state index is 0.0278. The third kappa shape index (κ3) is 74.2. The van der Waals surface area contributed by atoms with Crippen molar-refractivity contribution in [1.82, 2.24) is 0 Å². The monoisotopic (exact) mass is 364 g/mol. The van der Waals surface area contributed by atoms with E-state index in [4.69, 9.17) is 10.2 Å². The summed E-state index contributed by atoms with van der Waals surface area (Å²) in [5.74, 6) is 0. The molecule has 0 spiro atoms. The maximum atomic E-state index is 9.59. The highest BCUT2D eigenvalue weighted by atomic mass is 16.7. The Bertz CT molecular complexity index is 309. The Morgan fingerprint density at radius 3 is 1.04 bits per heavy atom. The molecule has 0 amide bonds. The normalized spacial score (nSPS) is 8.17. The molecule has 144 valence electrons. The van der Waals surface area contributed by atoms with Gasteiger partial charge in [-0.3, -0.25) is 49.9 Å². The number of aliphatic hydroxyl groups excluding tert-OH is 1. The van der Waals surface area contributed by atoms with Crippen LogP contribution in [0.1, 0.15) is 13.8 Å². The summed E-state index contributed by atoms with van der Waals surface area (Å²) in [6.45, 7) is 0.442. The van der Waals surface area contributed by atoms with Gasteiger partial charge in [0.25, 0.3) is 0 Å². The molecule has 16 nitrogen and oxygen atoms in total. The lowest BCUT2D eigenvalue weighted by Crippen LogP contribution is -2.12. The van der Waals surface area contributed by atoms with Crippen LogP contribution in [0.5, 0.6) is 0 Å². The first-order valence-corrected chi connectivity index (χ1v) is 5.93. The molecule has 16 heteroatoms. The number of rotatable bonds is 8. The van der Waals surface area contributed by atoms with Gasteiger partial charge in [0.05, 0.1) is 0 Å². The lowest BCUT2D eigenvalue weighted by Gasteiger charge is -1.96. The Balaban J connectivity index is -0.000000129. The predicted octanol–water partition coefficient (Wildman–Crippen LogP) is -1.06. The summed E-state index contributed by atoms with van der Waals surface area (Å²) < 4.78 is 8.44. The van der Waals surface area contributed by atoms with Gasteiger partial charge in [0.2, 0.25) is 13.1 Å². The van der Waals surface area contributed by atoms with Crippen molar-refractivity contribution in [2.75, 3.05) is 40.1 Å². The van der Waals surface area contributed by atoms with Gasteiger partial charge in [-0.05, 0) is 0 Å². The molecule has 0 aromatic rings. The fraction of sp³-hybridized carbons (Fsp3) is 1.00. The van der Waals surface area contributed by atoms with E-state index in [0.29, 0.717) is 0 Å². The standard InChI is InChI=1S/C3H6N2O6.2C2H5NO2.CH4O2/c6-4(7)1-10-3-11-2-5(8)9;2*1-2-3(4)5;2-1-3/h1-3H2;2*2H2,1H3;2-3H,1H2. The van der Waals surface area contributed by atoms with E-state index in [-0.39, 0.29) is 22.9 Å². The van der Waals surface area contributed by atoms with E-state index < -0.39 is 36.9 Å². The Morgan fingerprint density at radius 1 is 0.708 bits per heavy atom. The minimum atomic E-state index is -0.750. The molecule has 0 aliphatic heterocycles. The summed E-state index contributed by atoms with van der Waals surface area (Å²) in [5, 5.41) is 51.8. The number of ether oxygens (including phenoxy) is 2. The molecule has 0 bridgehead atoms. The van der Waals surface area contributed by atoms with E-state index in [9.17, 15) is 40.5 Å². The molecule has 0 rings (SSSR count).